The molecule has 0 atom stereocenters. The quantitative estimate of drug-likeness (QED) is 0.537. The number of amides is 1. The van der Waals surface area contributed by atoms with Gasteiger partial charge in [0.2, 0.25) is 0 Å². The monoisotopic (exact) mass is 295 g/mol. The van der Waals surface area contributed by atoms with Gasteiger partial charge in [0.1, 0.15) is 11.5 Å². The zero-order valence-electron chi connectivity index (χ0n) is 11.6. The molecule has 1 N–H and O–H groups in total. The van der Waals surface area contributed by atoms with E-state index >= 15 is 0 Å². The molecule has 1 aliphatic heterocycles. The number of esters is 1. The summed E-state index contributed by atoms with van der Waals surface area (Å²) in [6, 6.07) is 14.3. The number of nitrogens with one attached hydrogen (secondary N) is 1. The minimum absolute atomic E-state index is 0.0433. The van der Waals surface area contributed by atoms with Crippen LogP contribution < -0.4 is 14.8 Å². The van der Waals surface area contributed by atoms with Crippen LogP contribution in [0.15, 0.2) is 54.6 Å². The van der Waals surface area contributed by atoms with Gasteiger partial charge in [0.25, 0.3) is 5.91 Å². The topological polar surface area (TPSA) is 64.6 Å². The van der Waals surface area contributed by atoms with Crippen LogP contribution in [-0.4, -0.2) is 18.5 Å². The van der Waals surface area contributed by atoms with Crippen molar-refractivity contribution in [3.05, 3.63) is 60.2 Å². The minimum Gasteiger partial charge on any atom is -0.481 e. The van der Waals surface area contributed by atoms with Gasteiger partial charge in [0.15, 0.2) is 6.61 Å². The van der Waals surface area contributed by atoms with Crippen molar-refractivity contribution in [3.63, 3.8) is 0 Å². The summed E-state index contributed by atoms with van der Waals surface area (Å²) in [5.41, 5.74) is 1.48. The van der Waals surface area contributed by atoms with E-state index in [-0.39, 0.29) is 12.5 Å². The summed E-state index contributed by atoms with van der Waals surface area (Å²) in [5.74, 6) is 0.154. The largest absolute Gasteiger partial charge is 0.481 e. The molecule has 0 radical (unpaired) electrons. The first kappa shape index (κ1) is 13.9. The molecule has 1 heterocycles. The van der Waals surface area contributed by atoms with Crippen molar-refractivity contribution in [1.29, 1.82) is 0 Å². The lowest BCUT2D eigenvalue weighted by Gasteiger charge is -2.18. The zero-order valence-corrected chi connectivity index (χ0v) is 11.6. The summed E-state index contributed by atoms with van der Waals surface area (Å²) in [5, 5.41) is 2.67. The van der Waals surface area contributed by atoms with Gasteiger partial charge < -0.3 is 14.8 Å². The lowest BCUT2D eigenvalue weighted by atomic mass is 10.2. The van der Waals surface area contributed by atoms with E-state index in [1.54, 1.807) is 24.3 Å². The summed E-state index contributed by atoms with van der Waals surface area (Å²) in [6.07, 6.45) is 3.04. The van der Waals surface area contributed by atoms with Gasteiger partial charge in [-0.05, 0) is 23.8 Å². The third-order valence-electron chi connectivity index (χ3n) is 3.02. The van der Waals surface area contributed by atoms with Gasteiger partial charge in [0.05, 0.1) is 5.69 Å². The highest BCUT2D eigenvalue weighted by Crippen LogP contribution is 2.31. The Morgan fingerprint density at radius 2 is 2.00 bits per heavy atom. The number of rotatable bonds is 3. The maximum atomic E-state index is 11.8. The fraction of sp³-hybridized carbons (Fsp3) is 0.0588. The molecule has 3 rings (SSSR count). The second kappa shape index (κ2) is 6.13. The number of hydrogen-bond acceptors (Lipinski definition) is 4. The SMILES string of the molecule is O=C1COc2cc(OC(=O)/C=C/c3ccccc3)ccc2N1. The van der Waals surface area contributed by atoms with Crippen molar-refractivity contribution in [3.8, 4) is 11.5 Å². The van der Waals surface area contributed by atoms with Crippen LogP contribution in [0.25, 0.3) is 6.08 Å². The number of carbonyl (C=O) groups is 2. The molecular weight excluding hydrogens is 282 g/mol. The smallest absolute Gasteiger partial charge is 0.336 e. The molecule has 5 heteroatoms. The first-order valence-corrected chi connectivity index (χ1v) is 6.72. The van der Waals surface area contributed by atoms with Gasteiger partial charge in [-0.3, -0.25) is 4.79 Å². The molecule has 110 valence electrons. The molecule has 5 nitrogen and oxygen atoms in total. The number of fused-ring (bicyclic) bond motifs is 1. The van der Waals surface area contributed by atoms with Gasteiger partial charge in [-0.25, -0.2) is 4.79 Å². The van der Waals surface area contributed by atoms with E-state index in [9.17, 15) is 9.59 Å². The predicted molar refractivity (Wildman–Crippen MR) is 81.7 cm³/mol. The first-order valence-electron chi connectivity index (χ1n) is 6.72. The van der Waals surface area contributed by atoms with E-state index in [0.717, 1.165) is 5.56 Å². The lowest BCUT2D eigenvalue weighted by molar-refractivity contribution is -0.129. The third-order valence-corrected chi connectivity index (χ3v) is 3.02. The number of anilines is 1. The number of benzene rings is 2. The van der Waals surface area contributed by atoms with E-state index in [4.69, 9.17) is 9.47 Å². The Kier molecular flexibility index (Phi) is 3.87. The van der Waals surface area contributed by atoms with Gasteiger partial charge in [-0.15, -0.1) is 0 Å². The molecule has 1 amide bonds. The van der Waals surface area contributed by atoms with Crippen molar-refractivity contribution >= 4 is 23.6 Å². The summed E-state index contributed by atoms with van der Waals surface area (Å²) < 4.78 is 10.5. The lowest BCUT2D eigenvalue weighted by Crippen LogP contribution is -2.25. The number of ether oxygens (including phenoxy) is 2. The van der Waals surface area contributed by atoms with Crippen molar-refractivity contribution in [2.45, 2.75) is 0 Å². The normalized spacial score (nSPS) is 13.2. The standard InChI is InChI=1S/C17H13NO4/c19-16-11-21-15-10-13(7-8-14(15)18-16)22-17(20)9-6-12-4-2-1-3-5-12/h1-10H,11H2,(H,18,19)/b9-6+. The van der Waals surface area contributed by atoms with Crippen LogP contribution >= 0.6 is 0 Å². The van der Waals surface area contributed by atoms with Gasteiger partial charge in [-0.2, -0.15) is 0 Å². The van der Waals surface area contributed by atoms with Crippen LogP contribution in [-0.2, 0) is 9.59 Å². The molecule has 0 saturated heterocycles. The van der Waals surface area contributed by atoms with Crippen LogP contribution in [0.3, 0.4) is 0 Å². The first-order chi connectivity index (χ1) is 10.7. The molecule has 0 saturated carbocycles. The maximum Gasteiger partial charge on any atom is 0.336 e. The average Bonchev–Trinajstić information content (AvgIpc) is 2.54. The summed E-state index contributed by atoms with van der Waals surface area (Å²) in [6.45, 7) is -0.0433. The summed E-state index contributed by atoms with van der Waals surface area (Å²) >= 11 is 0. The third kappa shape index (κ3) is 3.32. The second-order valence-corrected chi connectivity index (χ2v) is 4.66. The van der Waals surface area contributed by atoms with Gasteiger partial charge in [-0.1, -0.05) is 30.3 Å². The van der Waals surface area contributed by atoms with Crippen LogP contribution in [0.5, 0.6) is 11.5 Å². The van der Waals surface area contributed by atoms with Crippen LogP contribution in [0.4, 0.5) is 5.69 Å². The van der Waals surface area contributed by atoms with E-state index in [0.29, 0.717) is 17.2 Å². The molecule has 1 aliphatic rings. The van der Waals surface area contributed by atoms with Crippen molar-refractivity contribution < 1.29 is 19.1 Å². The molecular formula is C17H13NO4. The Morgan fingerprint density at radius 3 is 2.82 bits per heavy atom. The summed E-state index contributed by atoms with van der Waals surface area (Å²) in [4.78, 5) is 23.0. The highest BCUT2D eigenvalue weighted by molar-refractivity contribution is 5.95. The average molecular weight is 295 g/mol. The Labute approximate surface area is 127 Å². The Balaban J connectivity index is 1.67. The predicted octanol–water partition coefficient (Wildman–Crippen LogP) is 2.64. The Morgan fingerprint density at radius 1 is 1.18 bits per heavy atom. The Hall–Kier alpha value is -3.08. The number of carbonyl (C=O) groups excluding carboxylic acids is 2. The summed E-state index contributed by atoms with van der Waals surface area (Å²) in [7, 11) is 0. The maximum absolute atomic E-state index is 11.8. The minimum atomic E-state index is -0.483. The molecule has 0 bridgehead atoms. The molecule has 22 heavy (non-hydrogen) atoms. The van der Waals surface area contributed by atoms with Crippen molar-refractivity contribution in [1.82, 2.24) is 0 Å². The Bertz CT molecular complexity index is 738. The molecule has 2 aromatic carbocycles. The fourth-order valence-electron chi connectivity index (χ4n) is 2.00. The second-order valence-electron chi connectivity index (χ2n) is 4.66. The van der Waals surface area contributed by atoms with Crippen LogP contribution in [0, 0.1) is 0 Å². The zero-order chi connectivity index (χ0) is 15.4. The van der Waals surface area contributed by atoms with Gasteiger partial charge in [0, 0.05) is 12.1 Å². The highest BCUT2D eigenvalue weighted by Gasteiger charge is 2.16. The van der Waals surface area contributed by atoms with E-state index < -0.39 is 5.97 Å². The molecule has 2 aromatic rings. The molecule has 0 spiro atoms. The van der Waals surface area contributed by atoms with Crippen LogP contribution in [0.1, 0.15) is 5.56 Å². The van der Waals surface area contributed by atoms with Crippen molar-refractivity contribution in [2.24, 2.45) is 0 Å². The van der Waals surface area contributed by atoms with Crippen molar-refractivity contribution in [2.75, 3.05) is 11.9 Å². The molecule has 0 aliphatic carbocycles. The fourth-order valence-corrected chi connectivity index (χ4v) is 2.00. The van der Waals surface area contributed by atoms with E-state index in [1.807, 2.05) is 30.3 Å². The highest BCUT2D eigenvalue weighted by atomic mass is 16.5. The van der Waals surface area contributed by atoms with E-state index in [1.165, 1.54) is 6.08 Å². The van der Waals surface area contributed by atoms with E-state index in [2.05, 4.69) is 5.32 Å². The molecule has 0 unspecified atom stereocenters. The van der Waals surface area contributed by atoms with Gasteiger partial charge >= 0.3 is 5.97 Å². The molecule has 0 aromatic heterocycles. The number of hydrogen-bond donors (Lipinski definition) is 1. The van der Waals surface area contributed by atoms with Crippen LogP contribution in [0.2, 0.25) is 0 Å². The molecule has 0 fully saturated rings.